The van der Waals surface area contributed by atoms with Crippen LogP contribution in [0.1, 0.15) is 57.1 Å². The SMILES string of the molecule is CC(C)c1cccc(C(CC[Si](F)F)C(C)C)c1. The van der Waals surface area contributed by atoms with E-state index in [2.05, 4.69) is 52.0 Å². The minimum atomic E-state index is -3.10. The van der Waals surface area contributed by atoms with Gasteiger partial charge in [0.05, 0.1) is 0 Å². The van der Waals surface area contributed by atoms with Crippen molar-refractivity contribution in [2.45, 2.75) is 52.0 Å². The van der Waals surface area contributed by atoms with E-state index in [1.807, 2.05) is 0 Å². The molecule has 0 nitrogen and oxygen atoms in total. The van der Waals surface area contributed by atoms with Crippen LogP contribution in [-0.2, 0) is 0 Å². The summed E-state index contributed by atoms with van der Waals surface area (Å²) >= 11 is 0. The van der Waals surface area contributed by atoms with Crippen molar-refractivity contribution in [3.63, 3.8) is 0 Å². The molecule has 0 spiro atoms. The highest BCUT2D eigenvalue weighted by atomic mass is 28.4. The van der Waals surface area contributed by atoms with Crippen LogP contribution in [0.2, 0.25) is 6.04 Å². The van der Waals surface area contributed by atoms with Crippen LogP contribution in [0.15, 0.2) is 24.3 Å². The van der Waals surface area contributed by atoms with Gasteiger partial charge in [-0.1, -0.05) is 52.0 Å². The van der Waals surface area contributed by atoms with Crippen molar-refractivity contribution in [1.29, 1.82) is 0 Å². The molecule has 1 atom stereocenters. The third kappa shape index (κ3) is 4.52. The lowest BCUT2D eigenvalue weighted by molar-refractivity contribution is 0.474. The van der Waals surface area contributed by atoms with E-state index in [0.29, 0.717) is 18.3 Å². The van der Waals surface area contributed by atoms with Gasteiger partial charge in [-0.3, -0.25) is 8.22 Å². The molecule has 0 aliphatic carbocycles. The normalized spacial score (nSPS) is 13.6. The van der Waals surface area contributed by atoms with Crippen molar-refractivity contribution in [2.75, 3.05) is 0 Å². The summed E-state index contributed by atoms with van der Waals surface area (Å²) in [4.78, 5) is 0. The lowest BCUT2D eigenvalue weighted by atomic mass is 9.85. The molecule has 0 saturated carbocycles. The highest BCUT2D eigenvalue weighted by molar-refractivity contribution is 6.42. The van der Waals surface area contributed by atoms with Crippen LogP contribution in [0.25, 0.3) is 0 Å². The first-order valence-electron chi connectivity index (χ1n) is 6.68. The fourth-order valence-corrected chi connectivity index (χ4v) is 2.83. The Hall–Kier alpha value is -0.703. The van der Waals surface area contributed by atoms with Gasteiger partial charge in [-0.2, -0.15) is 0 Å². The number of rotatable bonds is 6. The zero-order chi connectivity index (χ0) is 13.7. The Bertz CT molecular complexity index is 361. The number of halogens is 2. The van der Waals surface area contributed by atoms with E-state index in [1.165, 1.54) is 11.1 Å². The summed E-state index contributed by atoms with van der Waals surface area (Å²) in [6.45, 7) is 8.56. The van der Waals surface area contributed by atoms with Crippen LogP contribution >= 0.6 is 0 Å². The van der Waals surface area contributed by atoms with E-state index in [4.69, 9.17) is 0 Å². The summed E-state index contributed by atoms with van der Waals surface area (Å²) in [6, 6.07) is 8.54. The van der Waals surface area contributed by atoms with Gasteiger partial charge >= 0.3 is 9.46 Å². The van der Waals surface area contributed by atoms with Crippen LogP contribution in [0.4, 0.5) is 8.22 Å². The van der Waals surface area contributed by atoms with Crippen molar-refractivity contribution in [2.24, 2.45) is 5.92 Å². The van der Waals surface area contributed by atoms with E-state index in [1.54, 1.807) is 0 Å². The molecule has 1 unspecified atom stereocenters. The first-order chi connectivity index (χ1) is 8.41. The smallest absolute Gasteiger partial charge is 0.268 e. The molecule has 1 aromatic carbocycles. The zero-order valence-corrected chi connectivity index (χ0v) is 12.7. The number of hydrogen-bond acceptors (Lipinski definition) is 0. The Morgan fingerprint density at radius 2 is 1.67 bits per heavy atom. The van der Waals surface area contributed by atoms with Crippen LogP contribution in [-0.4, -0.2) is 9.46 Å². The van der Waals surface area contributed by atoms with Gasteiger partial charge in [0.25, 0.3) is 0 Å². The molecule has 101 valence electrons. The molecule has 0 saturated heterocycles. The Labute approximate surface area is 111 Å². The van der Waals surface area contributed by atoms with E-state index in [0.717, 1.165) is 0 Å². The predicted octanol–water partition coefficient (Wildman–Crippen LogP) is 5.37. The van der Waals surface area contributed by atoms with Gasteiger partial charge in [0.15, 0.2) is 0 Å². The van der Waals surface area contributed by atoms with Gasteiger partial charge in [-0.25, -0.2) is 0 Å². The molecular weight excluding hydrogens is 246 g/mol. The van der Waals surface area contributed by atoms with Crippen molar-refractivity contribution < 1.29 is 8.22 Å². The molecule has 0 fully saturated rings. The molecule has 0 aliphatic rings. The second-order valence-corrected chi connectivity index (χ2v) is 6.73. The molecule has 3 heteroatoms. The van der Waals surface area contributed by atoms with Gasteiger partial charge in [-0.15, -0.1) is 0 Å². The van der Waals surface area contributed by atoms with Crippen molar-refractivity contribution in [3.05, 3.63) is 35.4 Å². The largest absolute Gasteiger partial charge is 0.476 e. The molecular formula is C15H23F2Si. The van der Waals surface area contributed by atoms with Crippen LogP contribution in [0, 0.1) is 5.92 Å². The molecule has 1 radical (unpaired) electrons. The van der Waals surface area contributed by atoms with Crippen LogP contribution in [0.5, 0.6) is 0 Å². The first kappa shape index (κ1) is 15.4. The average molecular weight is 269 g/mol. The fraction of sp³-hybridized carbons (Fsp3) is 0.600. The van der Waals surface area contributed by atoms with E-state index < -0.39 is 9.46 Å². The van der Waals surface area contributed by atoms with E-state index in [9.17, 15) is 8.22 Å². The second-order valence-electron chi connectivity index (χ2n) is 5.55. The highest BCUT2D eigenvalue weighted by Gasteiger charge is 2.20. The van der Waals surface area contributed by atoms with Gasteiger partial charge in [0, 0.05) is 6.04 Å². The Morgan fingerprint density at radius 1 is 1.06 bits per heavy atom. The standard InChI is InChI=1S/C15H23F2Si/c1-11(2)13-6-5-7-14(10-13)15(12(3)4)8-9-18(16)17/h5-7,10-12,15H,8-9H2,1-4H3. The Morgan fingerprint density at radius 3 is 2.17 bits per heavy atom. The molecule has 0 amide bonds. The summed E-state index contributed by atoms with van der Waals surface area (Å²) in [5.74, 6) is 1.16. The molecule has 1 aromatic rings. The minimum absolute atomic E-state index is 0.0966. The van der Waals surface area contributed by atoms with Gasteiger partial charge < -0.3 is 0 Å². The molecule has 0 aromatic heterocycles. The summed E-state index contributed by atoms with van der Waals surface area (Å²) in [5.41, 5.74) is 2.52. The quantitative estimate of drug-likeness (QED) is 0.481. The van der Waals surface area contributed by atoms with E-state index in [-0.39, 0.29) is 12.0 Å². The summed E-state index contributed by atoms with van der Waals surface area (Å²) in [6.07, 6.45) is 0.612. The first-order valence-corrected chi connectivity index (χ1v) is 8.14. The van der Waals surface area contributed by atoms with Crippen molar-refractivity contribution in [3.8, 4) is 0 Å². The average Bonchev–Trinajstić information content (AvgIpc) is 2.28. The molecule has 1 rings (SSSR count). The van der Waals surface area contributed by atoms with Crippen LogP contribution in [0.3, 0.4) is 0 Å². The summed E-state index contributed by atoms with van der Waals surface area (Å²) in [5, 5.41) is 0. The van der Waals surface area contributed by atoms with Gasteiger partial charge in [0.2, 0.25) is 0 Å². The maximum atomic E-state index is 12.5. The fourth-order valence-electron chi connectivity index (χ4n) is 2.30. The maximum Gasteiger partial charge on any atom is 0.476 e. The van der Waals surface area contributed by atoms with Crippen molar-refractivity contribution in [1.82, 2.24) is 0 Å². The third-order valence-electron chi connectivity index (χ3n) is 3.45. The maximum absolute atomic E-state index is 12.5. The lowest BCUT2D eigenvalue weighted by Crippen LogP contribution is -2.10. The molecule has 0 aliphatic heterocycles. The molecule has 0 N–H and O–H groups in total. The molecule has 0 bridgehead atoms. The lowest BCUT2D eigenvalue weighted by Gasteiger charge is -2.22. The highest BCUT2D eigenvalue weighted by Crippen LogP contribution is 2.31. The summed E-state index contributed by atoms with van der Waals surface area (Å²) in [7, 11) is -3.10. The monoisotopic (exact) mass is 269 g/mol. The van der Waals surface area contributed by atoms with Gasteiger partial charge in [0.1, 0.15) is 0 Å². The number of benzene rings is 1. The van der Waals surface area contributed by atoms with Crippen molar-refractivity contribution >= 4 is 9.46 Å². The predicted molar refractivity (Wildman–Crippen MR) is 75.5 cm³/mol. The second kappa shape index (κ2) is 7.03. The molecule has 18 heavy (non-hydrogen) atoms. The third-order valence-corrected chi connectivity index (χ3v) is 4.12. The zero-order valence-electron chi connectivity index (χ0n) is 11.7. The van der Waals surface area contributed by atoms with E-state index >= 15 is 0 Å². The molecule has 0 heterocycles. The van der Waals surface area contributed by atoms with Crippen LogP contribution < -0.4 is 0 Å². The Kier molecular flexibility index (Phi) is 5.99. The summed E-state index contributed by atoms with van der Waals surface area (Å²) < 4.78 is 25.0. The van der Waals surface area contributed by atoms with Gasteiger partial charge in [-0.05, 0) is 35.3 Å². The topological polar surface area (TPSA) is 0 Å². The minimum Gasteiger partial charge on any atom is -0.268 e. The Balaban J connectivity index is 2.88. The number of hydrogen-bond donors (Lipinski definition) is 0.